The molecule has 0 heteroatoms. The molecule has 0 bridgehead atoms. The van der Waals surface area contributed by atoms with Crippen molar-refractivity contribution in [1.29, 1.82) is 0 Å². The van der Waals surface area contributed by atoms with Crippen LogP contribution >= 0.6 is 0 Å². The van der Waals surface area contributed by atoms with Gasteiger partial charge in [-0.1, -0.05) is 36.5 Å². The lowest BCUT2D eigenvalue weighted by atomic mass is 10.2. The molecule has 0 spiro atoms. The first-order valence-electron chi connectivity index (χ1n) is 3.80. The van der Waals surface area contributed by atoms with Crippen LogP contribution in [-0.2, 0) is 0 Å². The molecular formula is C10H13. The van der Waals surface area contributed by atoms with Crippen LogP contribution in [0.4, 0.5) is 0 Å². The number of hydrogen-bond donors (Lipinski definition) is 0. The third kappa shape index (κ3) is 3.29. The Bertz CT molecular complexity index is 131. The number of allylic oxidation sites excluding steroid dienone is 6. The largest absolute Gasteiger partial charge is 0.0879 e. The Hall–Kier alpha value is -0.780. The van der Waals surface area contributed by atoms with Gasteiger partial charge in [-0.25, -0.2) is 0 Å². The first-order chi connectivity index (χ1) is 5.00. The SMILES string of the molecule is [CH]1/C=C\C/C=C\CC/C=C/1. The van der Waals surface area contributed by atoms with Gasteiger partial charge in [-0.2, -0.15) is 0 Å². The van der Waals surface area contributed by atoms with E-state index >= 15 is 0 Å². The van der Waals surface area contributed by atoms with Crippen molar-refractivity contribution in [2.45, 2.75) is 19.3 Å². The molecule has 0 saturated carbocycles. The highest BCUT2D eigenvalue weighted by atomic mass is 13.9. The van der Waals surface area contributed by atoms with Crippen LogP contribution in [0, 0.1) is 6.42 Å². The van der Waals surface area contributed by atoms with Gasteiger partial charge in [-0.05, 0) is 19.3 Å². The molecule has 1 radical (unpaired) electrons. The lowest BCUT2D eigenvalue weighted by molar-refractivity contribution is 1.04. The van der Waals surface area contributed by atoms with E-state index in [0.29, 0.717) is 0 Å². The highest BCUT2D eigenvalue weighted by Gasteiger charge is 1.79. The average molecular weight is 133 g/mol. The second-order valence-corrected chi connectivity index (χ2v) is 2.33. The molecule has 0 nitrogen and oxygen atoms in total. The molecule has 1 aliphatic rings. The first-order valence-corrected chi connectivity index (χ1v) is 3.80. The molecule has 0 fully saturated rings. The van der Waals surface area contributed by atoms with E-state index in [9.17, 15) is 0 Å². The lowest BCUT2D eigenvalue weighted by Gasteiger charge is -1.89. The van der Waals surface area contributed by atoms with Gasteiger partial charge in [-0.15, -0.1) is 0 Å². The summed E-state index contributed by atoms with van der Waals surface area (Å²) in [6.07, 6.45) is 18.5. The smallest absolute Gasteiger partial charge is 0.00442 e. The molecule has 1 rings (SSSR count). The van der Waals surface area contributed by atoms with Crippen LogP contribution in [-0.4, -0.2) is 0 Å². The topological polar surface area (TPSA) is 0 Å². The fourth-order valence-electron chi connectivity index (χ4n) is 0.881. The molecule has 0 saturated heterocycles. The molecule has 0 amide bonds. The summed E-state index contributed by atoms with van der Waals surface area (Å²) in [6.45, 7) is 0. The summed E-state index contributed by atoms with van der Waals surface area (Å²) in [5.41, 5.74) is 0. The third-order valence-electron chi connectivity index (χ3n) is 1.43. The van der Waals surface area contributed by atoms with Crippen LogP contribution in [0.3, 0.4) is 0 Å². The van der Waals surface area contributed by atoms with E-state index in [1.54, 1.807) is 0 Å². The van der Waals surface area contributed by atoms with Gasteiger partial charge in [0.15, 0.2) is 0 Å². The zero-order valence-corrected chi connectivity index (χ0v) is 6.16. The molecule has 1 aliphatic carbocycles. The van der Waals surface area contributed by atoms with Gasteiger partial charge >= 0.3 is 0 Å². The molecule has 0 aromatic carbocycles. The van der Waals surface area contributed by atoms with E-state index in [1.165, 1.54) is 12.8 Å². The van der Waals surface area contributed by atoms with Crippen LogP contribution in [0.2, 0.25) is 0 Å². The highest BCUT2D eigenvalue weighted by molar-refractivity contribution is 5.10. The molecule has 10 heavy (non-hydrogen) atoms. The van der Waals surface area contributed by atoms with Crippen molar-refractivity contribution in [2.75, 3.05) is 0 Å². The Morgan fingerprint density at radius 2 is 1.50 bits per heavy atom. The zero-order chi connectivity index (χ0) is 7.07. The second kappa shape index (κ2) is 5.04. The first kappa shape index (κ1) is 7.33. The van der Waals surface area contributed by atoms with E-state index in [4.69, 9.17) is 0 Å². The van der Waals surface area contributed by atoms with E-state index in [1.807, 2.05) is 0 Å². The standard InChI is InChI=1S/C10H13/c1-2-4-6-8-10-9-7-5-3-1/h1-5,8,10H,6-7,9H2/b4-2-,5-3+,10-8-. The summed E-state index contributed by atoms with van der Waals surface area (Å²) in [6, 6.07) is 0. The van der Waals surface area contributed by atoms with Gasteiger partial charge in [0.2, 0.25) is 0 Å². The molecule has 0 heterocycles. The maximum Gasteiger partial charge on any atom is 0.00442 e. The van der Waals surface area contributed by atoms with Crippen molar-refractivity contribution >= 4 is 0 Å². The van der Waals surface area contributed by atoms with Crippen molar-refractivity contribution in [3.05, 3.63) is 42.9 Å². The minimum Gasteiger partial charge on any atom is -0.0879 e. The minimum atomic E-state index is 1.07. The summed E-state index contributed by atoms with van der Waals surface area (Å²) in [5, 5.41) is 0. The van der Waals surface area contributed by atoms with Crippen LogP contribution in [0.25, 0.3) is 0 Å². The van der Waals surface area contributed by atoms with E-state index in [0.717, 1.165) is 6.42 Å². The fourth-order valence-corrected chi connectivity index (χ4v) is 0.881. The summed E-state index contributed by atoms with van der Waals surface area (Å²) < 4.78 is 0. The summed E-state index contributed by atoms with van der Waals surface area (Å²) in [4.78, 5) is 0. The maximum absolute atomic E-state index is 2.24. The van der Waals surface area contributed by atoms with Crippen LogP contribution < -0.4 is 0 Å². The predicted molar refractivity (Wildman–Crippen MR) is 45.6 cm³/mol. The Kier molecular flexibility index (Phi) is 3.69. The van der Waals surface area contributed by atoms with Crippen molar-refractivity contribution in [1.82, 2.24) is 0 Å². The molecule has 0 atom stereocenters. The zero-order valence-electron chi connectivity index (χ0n) is 6.16. The van der Waals surface area contributed by atoms with Crippen LogP contribution in [0.15, 0.2) is 36.5 Å². The molecular weight excluding hydrogens is 120 g/mol. The molecule has 0 aliphatic heterocycles. The van der Waals surface area contributed by atoms with Crippen molar-refractivity contribution in [3.8, 4) is 0 Å². The summed E-state index contributed by atoms with van der Waals surface area (Å²) >= 11 is 0. The van der Waals surface area contributed by atoms with E-state index in [2.05, 4.69) is 42.9 Å². The predicted octanol–water partition coefficient (Wildman–Crippen LogP) is 3.04. The second-order valence-electron chi connectivity index (χ2n) is 2.33. The molecule has 53 valence electrons. The average Bonchev–Trinajstić information content (AvgIpc) is 2.01. The van der Waals surface area contributed by atoms with Gasteiger partial charge < -0.3 is 0 Å². The quantitative estimate of drug-likeness (QED) is 0.445. The van der Waals surface area contributed by atoms with Crippen LogP contribution in [0.1, 0.15) is 19.3 Å². The maximum atomic E-state index is 2.24. The number of rotatable bonds is 0. The third-order valence-corrected chi connectivity index (χ3v) is 1.43. The monoisotopic (exact) mass is 133 g/mol. The van der Waals surface area contributed by atoms with Crippen molar-refractivity contribution in [2.24, 2.45) is 0 Å². The Morgan fingerprint density at radius 3 is 2.50 bits per heavy atom. The molecule has 0 aromatic rings. The molecule has 0 aromatic heterocycles. The van der Waals surface area contributed by atoms with Crippen LogP contribution in [0.5, 0.6) is 0 Å². The van der Waals surface area contributed by atoms with Gasteiger partial charge in [0.1, 0.15) is 0 Å². The molecule has 0 N–H and O–H groups in total. The van der Waals surface area contributed by atoms with Gasteiger partial charge in [0.25, 0.3) is 0 Å². The van der Waals surface area contributed by atoms with Crippen molar-refractivity contribution < 1.29 is 0 Å². The number of hydrogen-bond acceptors (Lipinski definition) is 0. The summed E-state index contributed by atoms with van der Waals surface area (Å²) in [7, 11) is 0. The Balaban J connectivity index is 2.38. The van der Waals surface area contributed by atoms with Gasteiger partial charge in [0.05, 0.1) is 0 Å². The van der Waals surface area contributed by atoms with E-state index < -0.39 is 0 Å². The van der Waals surface area contributed by atoms with E-state index in [-0.39, 0.29) is 0 Å². The minimum absolute atomic E-state index is 1.07. The Labute approximate surface area is 62.9 Å². The fraction of sp³-hybridized carbons (Fsp3) is 0.300. The Morgan fingerprint density at radius 1 is 0.700 bits per heavy atom. The summed E-state index contributed by atoms with van der Waals surface area (Å²) in [5.74, 6) is 0. The lowest BCUT2D eigenvalue weighted by Crippen LogP contribution is -1.69. The normalized spacial score (nSPS) is 28.8. The van der Waals surface area contributed by atoms with Gasteiger partial charge in [0, 0.05) is 6.42 Å². The van der Waals surface area contributed by atoms with Crippen molar-refractivity contribution in [3.63, 3.8) is 0 Å². The highest BCUT2D eigenvalue weighted by Crippen LogP contribution is 1.99. The molecule has 0 unspecified atom stereocenters. The van der Waals surface area contributed by atoms with Gasteiger partial charge in [-0.3, -0.25) is 0 Å².